The smallest absolute Gasteiger partial charge is 0.423 e. The van der Waals surface area contributed by atoms with Gasteiger partial charge in [-0.05, 0) is 45.9 Å². The first-order chi connectivity index (χ1) is 6.54. The third kappa shape index (κ3) is 2.80. The van der Waals surface area contributed by atoms with Gasteiger partial charge in [0.25, 0.3) is 0 Å². The zero-order valence-corrected chi connectivity index (χ0v) is 9.82. The van der Waals surface area contributed by atoms with Crippen molar-refractivity contribution in [3.63, 3.8) is 0 Å². The summed E-state index contributed by atoms with van der Waals surface area (Å²) in [6, 6.07) is 3.33. The van der Waals surface area contributed by atoms with Crippen molar-refractivity contribution in [2.24, 2.45) is 0 Å². The summed E-state index contributed by atoms with van der Waals surface area (Å²) in [5, 5.41) is 18.1. The Bertz CT molecular complexity index is 320. The predicted molar refractivity (Wildman–Crippen MR) is 60.5 cm³/mol. The average molecular weight is 258 g/mol. The quantitative estimate of drug-likeness (QED) is 0.629. The zero-order chi connectivity index (χ0) is 10.7. The summed E-state index contributed by atoms with van der Waals surface area (Å²) in [5.41, 5.74) is 1.35. The minimum Gasteiger partial charge on any atom is -0.423 e. The summed E-state index contributed by atoms with van der Waals surface area (Å²) < 4.78 is 0.637. The highest BCUT2D eigenvalue weighted by Crippen LogP contribution is 2.17. The Hall–Kier alpha value is -0.385. The number of rotatable bonds is 3. The van der Waals surface area contributed by atoms with E-state index >= 15 is 0 Å². The van der Waals surface area contributed by atoms with Gasteiger partial charge < -0.3 is 10.0 Å². The lowest BCUT2D eigenvalue weighted by atomic mass is 9.80. The van der Waals surface area contributed by atoms with E-state index in [0.29, 0.717) is 16.0 Å². The van der Waals surface area contributed by atoms with Gasteiger partial charge in [-0.1, -0.05) is 13.8 Å². The van der Waals surface area contributed by atoms with Crippen LogP contribution in [0.15, 0.2) is 16.7 Å². The fourth-order valence-electron chi connectivity index (χ4n) is 1.15. The third-order valence-electron chi connectivity index (χ3n) is 2.25. The first-order valence-corrected chi connectivity index (χ1v) is 5.37. The molecule has 0 aliphatic carbocycles. The van der Waals surface area contributed by atoms with Gasteiger partial charge in [-0.25, -0.2) is 4.98 Å². The highest BCUT2D eigenvalue weighted by Gasteiger charge is 2.15. The summed E-state index contributed by atoms with van der Waals surface area (Å²) >= 11 is 3.25. The van der Waals surface area contributed by atoms with Crippen LogP contribution in [0.1, 0.15) is 31.9 Å². The van der Waals surface area contributed by atoms with Gasteiger partial charge >= 0.3 is 7.12 Å². The predicted octanol–water partition coefficient (Wildman–Crippen LogP) is 1.04. The molecular formula is C9H13BBrNO2. The lowest BCUT2D eigenvalue weighted by Crippen LogP contribution is -2.30. The summed E-state index contributed by atoms with van der Waals surface area (Å²) in [5.74, 6) is 0.324. The van der Waals surface area contributed by atoms with E-state index in [-0.39, 0.29) is 0 Å². The molecule has 1 atom stereocenters. The van der Waals surface area contributed by atoms with Crippen LogP contribution in [-0.2, 0) is 0 Å². The van der Waals surface area contributed by atoms with Crippen molar-refractivity contribution in [3.05, 3.63) is 22.4 Å². The molecule has 1 unspecified atom stereocenters. The third-order valence-corrected chi connectivity index (χ3v) is 2.66. The van der Waals surface area contributed by atoms with Crippen LogP contribution in [0, 0.1) is 0 Å². The number of nitrogens with zero attached hydrogens (tertiary/aromatic N) is 1. The van der Waals surface area contributed by atoms with Crippen molar-refractivity contribution in [1.82, 2.24) is 4.98 Å². The Morgan fingerprint density at radius 3 is 2.64 bits per heavy atom. The standard InChI is InChI=1S/C9H13BBrNO2/c1-3-6(2)8-4-7(10(13)14)5-9(11)12-8/h4-6,13-14H,3H2,1-2H3. The van der Waals surface area contributed by atoms with Gasteiger partial charge in [0, 0.05) is 5.69 Å². The van der Waals surface area contributed by atoms with Crippen molar-refractivity contribution in [2.75, 3.05) is 0 Å². The number of hydrogen-bond acceptors (Lipinski definition) is 3. The molecule has 14 heavy (non-hydrogen) atoms. The van der Waals surface area contributed by atoms with E-state index in [1.54, 1.807) is 12.1 Å². The van der Waals surface area contributed by atoms with E-state index < -0.39 is 7.12 Å². The molecule has 2 N–H and O–H groups in total. The summed E-state index contributed by atoms with van der Waals surface area (Å²) in [7, 11) is -1.43. The Morgan fingerprint density at radius 2 is 2.14 bits per heavy atom. The van der Waals surface area contributed by atoms with Crippen LogP contribution < -0.4 is 5.46 Å². The summed E-state index contributed by atoms with van der Waals surface area (Å²) in [4.78, 5) is 4.28. The molecule has 0 bridgehead atoms. The van der Waals surface area contributed by atoms with Crippen molar-refractivity contribution in [1.29, 1.82) is 0 Å². The van der Waals surface area contributed by atoms with Crippen molar-refractivity contribution in [3.8, 4) is 0 Å². The van der Waals surface area contributed by atoms with Gasteiger partial charge in [-0.3, -0.25) is 0 Å². The molecule has 1 aromatic rings. The molecule has 3 nitrogen and oxygen atoms in total. The largest absolute Gasteiger partial charge is 0.488 e. The zero-order valence-electron chi connectivity index (χ0n) is 8.24. The van der Waals surface area contributed by atoms with E-state index in [4.69, 9.17) is 10.0 Å². The van der Waals surface area contributed by atoms with Crippen LogP contribution in [0.4, 0.5) is 0 Å². The first kappa shape index (κ1) is 11.7. The Kier molecular flexibility index (Phi) is 4.10. The van der Waals surface area contributed by atoms with Crippen molar-refractivity contribution < 1.29 is 10.0 Å². The monoisotopic (exact) mass is 257 g/mol. The molecule has 1 rings (SSSR count). The highest BCUT2D eigenvalue weighted by atomic mass is 79.9. The van der Waals surface area contributed by atoms with Gasteiger partial charge in [0.2, 0.25) is 0 Å². The normalized spacial score (nSPS) is 12.6. The molecule has 76 valence electrons. The van der Waals surface area contributed by atoms with Crippen molar-refractivity contribution >= 4 is 28.5 Å². The fraction of sp³-hybridized carbons (Fsp3) is 0.444. The molecule has 0 spiro atoms. The number of hydrogen-bond donors (Lipinski definition) is 2. The molecule has 0 aliphatic heterocycles. The van der Waals surface area contributed by atoms with E-state index in [0.717, 1.165) is 12.1 Å². The van der Waals surface area contributed by atoms with Crippen LogP contribution in [0.5, 0.6) is 0 Å². The van der Waals surface area contributed by atoms with Crippen LogP contribution >= 0.6 is 15.9 Å². The summed E-state index contributed by atoms with van der Waals surface area (Å²) in [6.07, 6.45) is 0.977. The Morgan fingerprint density at radius 1 is 1.50 bits per heavy atom. The molecule has 0 radical (unpaired) electrons. The molecule has 0 amide bonds. The van der Waals surface area contributed by atoms with Crippen LogP contribution in [0.25, 0.3) is 0 Å². The lowest BCUT2D eigenvalue weighted by molar-refractivity contribution is 0.425. The molecule has 0 aliphatic rings. The van der Waals surface area contributed by atoms with Crippen LogP contribution in [0.3, 0.4) is 0 Å². The fourth-order valence-corrected chi connectivity index (χ4v) is 1.62. The summed E-state index contributed by atoms with van der Waals surface area (Å²) in [6.45, 7) is 4.13. The van der Waals surface area contributed by atoms with Gasteiger partial charge in [0.1, 0.15) is 4.60 Å². The molecule has 0 fully saturated rings. The second-order valence-corrected chi connectivity index (χ2v) is 4.14. The molecule has 1 heterocycles. The van der Waals surface area contributed by atoms with Gasteiger partial charge in [-0.2, -0.15) is 0 Å². The highest BCUT2D eigenvalue weighted by molar-refractivity contribution is 9.10. The molecule has 5 heteroatoms. The number of pyridine rings is 1. The van der Waals surface area contributed by atoms with E-state index in [2.05, 4.69) is 34.8 Å². The second-order valence-electron chi connectivity index (χ2n) is 3.33. The van der Waals surface area contributed by atoms with Gasteiger partial charge in [-0.15, -0.1) is 0 Å². The minimum atomic E-state index is -1.43. The van der Waals surface area contributed by atoms with Gasteiger partial charge in [0.05, 0.1) is 0 Å². The Labute approximate surface area is 92.5 Å². The van der Waals surface area contributed by atoms with E-state index in [1.807, 2.05) is 0 Å². The maximum absolute atomic E-state index is 9.03. The maximum atomic E-state index is 9.03. The molecular weight excluding hydrogens is 245 g/mol. The minimum absolute atomic E-state index is 0.324. The van der Waals surface area contributed by atoms with Crippen LogP contribution in [-0.4, -0.2) is 22.2 Å². The second kappa shape index (κ2) is 4.91. The van der Waals surface area contributed by atoms with Gasteiger partial charge in [0.15, 0.2) is 0 Å². The molecule has 1 aromatic heterocycles. The first-order valence-electron chi connectivity index (χ1n) is 4.58. The number of aromatic nitrogens is 1. The molecule has 0 saturated carbocycles. The van der Waals surface area contributed by atoms with E-state index in [9.17, 15) is 0 Å². The number of halogens is 1. The van der Waals surface area contributed by atoms with Crippen molar-refractivity contribution in [2.45, 2.75) is 26.2 Å². The lowest BCUT2D eigenvalue weighted by Gasteiger charge is -2.10. The average Bonchev–Trinajstić information content (AvgIpc) is 2.15. The molecule has 0 saturated heterocycles. The Balaban J connectivity index is 3.07. The molecule has 0 aromatic carbocycles. The topological polar surface area (TPSA) is 53.4 Å². The van der Waals surface area contributed by atoms with E-state index in [1.165, 1.54) is 0 Å². The van der Waals surface area contributed by atoms with Crippen LogP contribution in [0.2, 0.25) is 0 Å². The maximum Gasteiger partial charge on any atom is 0.488 e. The SMILES string of the molecule is CCC(C)c1cc(B(O)O)cc(Br)n1.